The quantitative estimate of drug-likeness (QED) is 0.0266. The highest BCUT2D eigenvalue weighted by molar-refractivity contribution is 5.72. The molecule has 0 N–H and O–H groups in total. The van der Waals surface area contributed by atoms with Gasteiger partial charge in [0, 0.05) is 12.8 Å². The van der Waals surface area contributed by atoms with E-state index in [0.717, 1.165) is 57.8 Å². The lowest BCUT2D eigenvalue weighted by Gasteiger charge is -2.18. The zero-order chi connectivity index (χ0) is 40.1. The standard InChI is InChI=1S/C49H88O6/c1-4-7-10-13-16-19-21-22-23-24-25-26-28-30-33-36-39-42-48(51)54-45-46(44-53-47(50)41-38-35-32-29-18-15-12-9-6-3)55-49(52)43-40-37-34-31-27-20-17-14-11-8-5-2/h9,12,18,29,35,38,46H,4-8,10-11,13-17,19-28,30-34,36-37,39-45H2,1-3H3/b12-9-,29-18-,38-35-. The highest BCUT2D eigenvalue weighted by Crippen LogP contribution is 2.16. The molecule has 0 heterocycles. The lowest BCUT2D eigenvalue weighted by Crippen LogP contribution is -2.30. The first-order valence-electron chi connectivity index (χ1n) is 23.5. The van der Waals surface area contributed by atoms with Gasteiger partial charge < -0.3 is 14.2 Å². The molecule has 0 aromatic rings. The van der Waals surface area contributed by atoms with Crippen molar-refractivity contribution >= 4 is 17.9 Å². The van der Waals surface area contributed by atoms with Crippen molar-refractivity contribution in [3.8, 4) is 0 Å². The maximum absolute atomic E-state index is 12.7. The Bertz CT molecular complexity index is 938. The first-order valence-corrected chi connectivity index (χ1v) is 23.5. The van der Waals surface area contributed by atoms with Crippen LogP contribution >= 0.6 is 0 Å². The summed E-state index contributed by atoms with van der Waals surface area (Å²) in [4.78, 5) is 37.6. The lowest BCUT2D eigenvalue weighted by molar-refractivity contribution is -0.166. The van der Waals surface area contributed by atoms with Crippen LogP contribution in [0.5, 0.6) is 0 Å². The van der Waals surface area contributed by atoms with Gasteiger partial charge in [-0.3, -0.25) is 14.4 Å². The van der Waals surface area contributed by atoms with Crippen LogP contribution in [-0.2, 0) is 28.6 Å². The van der Waals surface area contributed by atoms with Gasteiger partial charge in [0.25, 0.3) is 0 Å². The number of carbonyl (C=O) groups is 3. The fourth-order valence-electron chi connectivity index (χ4n) is 6.68. The Morgan fingerprint density at radius 2 is 0.709 bits per heavy atom. The van der Waals surface area contributed by atoms with Gasteiger partial charge in [0.15, 0.2) is 6.10 Å². The molecule has 55 heavy (non-hydrogen) atoms. The summed E-state index contributed by atoms with van der Waals surface area (Å²) in [6.07, 6.45) is 50.2. The fourth-order valence-corrected chi connectivity index (χ4v) is 6.68. The fraction of sp³-hybridized carbons (Fsp3) is 0.816. The zero-order valence-corrected chi connectivity index (χ0v) is 36.4. The first-order chi connectivity index (χ1) is 27.0. The Hall–Kier alpha value is -2.37. The Balaban J connectivity index is 4.32. The van der Waals surface area contributed by atoms with Gasteiger partial charge in [-0.25, -0.2) is 0 Å². The van der Waals surface area contributed by atoms with Crippen molar-refractivity contribution in [2.75, 3.05) is 13.2 Å². The molecule has 0 spiro atoms. The van der Waals surface area contributed by atoms with Gasteiger partial charge >= 0.3 is 17.9 Å². The number of carbonyl (C=O) groups excluding carboxylic acids is 3. The maximum Gasteiger partial charge on any atom is 0.309 e. The summed E-state index contributed by atoms with van der Waals surface area (Å²) in [5.74, 6) is -1.02. The van der Waals surface area contributed by atoms with Crippen LogP contribution in [0.3, 0.4) is 0 Å². The molecule has 0 aromatic heterocycles. The average molecular weight is 773 g/mol. The third-order valence-corrected chi connectivity index (χ3v) is 10.2. The molecule has 0 aliphatic heterocycles. The van der Waals surface area contributed by atoms with Crippen molar-refractivity contribution in [1.29, 1.82) is 0 Å². The molecule has 0 amide bonds. The van der Waals surface area contributed by atoms with Gasteiger partial charge in [-0.1, -0.05) is 224 Å². The highest BCUT2D eigenvalue weighted by atomic mass is 16.6. The molecule has 0 aliphatic rings. The molecule has 0 aliphatic carbocycles. The van der Waals surface area contributed by atoms with Gasteiger partial charge in [-0.15, -0.1) is 0 Å². The second-order valence-corrected chi connectivity index (χ2v) is 15.7. The van der Waals surface area contributed by atoms with E-state index in [1.54, 1.807) is 6.08 Å². The molecule has 0 aromatic carbocycles. The van der Waals surface area contributed by atoms with E-state index < -0.39 is 12.1 Å². The monoisotopic (exact) mass is 773 g/mol. The largest absolute Gasteiger partial charge is 0.462 e. The molecule has 0 bridgehead atoms. The highest BCUT2D eigenvalue weighted by Gasteiger charge is 2.19. The van der Waals surface area contributed by atoms with E-state index in [0.29, 0.717) is 12.8 Å². The summed E-state index contributed by atoms with van der Waals surface area (Å²) in [5, 5.41) is 0. The summed E-state index contributed by atoms with van der Waals surface area (Å²) >= 11 is 0. The van der Waals surface area contributed by atoms with Gasteiger partial charge in [-0.05, 0) is 32.1 Å². The second kappa shape index (κ2) is 44.3. The first kappa shape index (κ1) is 52.6. The number of allylic oxidation sites excluding steroid dienone is 5. The second-order valence-electron chi connectivity index (χ2n) is 15.7. The maximum atomic E-state index is 12.7. The minimum absolute atomic E-state index is 0.0951. The van der Waals surface area contributed by atoms with Crippen molar-refractivity contribution in [3.05, 3.63) is 36.5 Å². The summed E-state index contributed by atoms with van der Waals surface area (Å²) in [6.45, 7) is 6.43. The normalized spacial score (nSPS) is 12.3. The van der Waals surface area contributed by atoms with Crippen molar-refractivity contribution in [2.45, 2.75) is 245 Å². The molecule has 0 rings (SSSR count). The predicted molar refractivity (Wildman–Crippen MR) is 233 cm³/mol. The van der Waals surface area contributed by atoms with Crippen LogP contribution in [-0.4, -0.2) is 37.2 Å². The Kier molecular flexibility index (Phi) is 42.4. The SMILES string of the molecule is CC/C=C\C/C=C\C/C=C\CC(=O)OCC(COC(=O)CCCCCCCCCCCCCCCCCCC)OC(=O)CCCCCCCCCCCCC. The van der Waals surface area contributed by atoms with E-state index in [4.69, 9.17) is 14.2 Å². The minimum atomic E-state index is -0.799. The van der Waals surface area contributed by atoms with E-state index in [2.05, 4.69) is 45.1 Å². The number of unbranched alkanes of at least 4 members (excludes halogenated alkanes) is 26. The van der Waals surface area contributed by atoms with E-state index in [9.17, 15) is 14.4 Å². The topological polar surface area (TPSA) is 78.9 Å². The smallest absolute Gasteiger partial charge is 0.309 e. The molecule has 320 valence electrons. The molecule has 1 unspecified atom stereocenters. The molecular formula is C49H88O6. The van der Waals surface area contributed by atoms with Crippen LogP contribution in [0.2, 0.25) is 0 Å². The summed E-state index contributed by atoms with van der Waals surface area (Å²) in [6, 6.07) is 0. The average Bonchev–Trinajstić information content (AvgIpc) is 3.18. The molecule has 6 heteroatoms. The van der Waals surface area contributed by atoms with Crippen molar-refractivity contribution < 1.29 is 28.6 Å². The molecule has 0 radical (unpaired) electrons. The van der Waals surface area contributed by atoms with E-state index in [-0.39, 0.29) is 31.6 Å². The summed E-state index contributed by atoms with van der Waals surface area (Å²) in [7, 11) is 0. The number of hydrogen-bond donors (Lipinski definition) is 0. The van der Waals surface area contributed by atoms with Crippen molar-refractivity contribution in [3.63, 3.8) is 0 Å². The third-order valence-electron chi connectivity index (χ3n) is 10.2. The van der Waals surface area contributed by atoms with Crippen LogP contribution in [0, 0.1) is 0 Å². The molecule has 0 saturated carbocycles. The van der Waals surface area contributed by atoms with Gasteiger partial charge in [0.1, 0.15) is 13.2 Å². The molecule has 0 fully saturated rings. The van der Waals surface area contributed by atoms with Crippen LogP contribution in [0.25, 0.3) is 0 Å². The number of hydrogen-bond acceptors (Lipinski definition) is 6. The molecule has 1 atom stereocenters. The van der Waals surface area contributed by atoms with Crippen molar-refractivity contribution in [2.24, 2.45) is 0 Å². The van der Waals surface area contributed by atoms with Crippen molar-refractivity contribution in [1.82, 2.24) is 0 Å². The number of ether oxygens (including phenoxy) is 3. The zero-order valence-electron chi connectivity index (χ0n) is 36.4. The van der Waals surface area contributed by atoms with Crippen LogP contribution in [0.1, 0.15) is 239 Å². The molecule has 6 nitrogen and oxygen atoms in total. The van der Waals surface area contributed by atoms with Crippen LogP contribution in [0.4, 0.5) is 0 Å². The molecular weight excluding hydrogens is 685 g/mol. The van der Waals surface area contributed by atoms with E-state index in [1.165, 1.54) is 141 Å². The predicted octanol–water partition coefficient (Wildman–Crippen LogP) is 15.0. The molecule has 0 saturated heterocycles. The lowest BCUT2D eigenvalue weighted by atomic mass is 10.0. The van der Waals surface area contributed by atoms with Crippen LogP contribution < -0.4 is 0 Å². The minimum Gasteiger partial charge on any atom is -0.462 e. The number of esters is 3. The number of rotatable bonds is 42. The van der Waals surface area contributed by atoms with Crippen LogP contribution in [0.15, 0.2) is 36.5 Å². The Labute approximate surface area is 340 Å². The Morgan fingerprint density at radius 3 is 1.11 bits per heavy atom. The van der Waals surface area contributed by atoms with Gasteiger partial charge in [0.05, 0.1) is 6.42 Å². The van der Waals surface area contributed by atoms with E-state index in [1.807, 2.05) is 6.08 Å². The summed E-state index contributed by atoms with van der Waals surface area (Å²) < 4.78 is 16.6. The van der Waals surface area contributed by atoms with E-state index >= 15 is 0 Å². The summed E-state index contributed by atoms with van der Waals surface area (Å²) in [5.41, 5.74) is 0. The third kappa shape index (κ3) is 42.6. The van der Waals surface area contributed by atoms with Gasteiger partial charge in [-0.2, -0.15) is 0 Å². The van der Waals surface area contributed by atoms with Gasteiger partial charge in [0.2, 0.25) is 0 Å². The Morgan fingerprint density at radius 1 is 0.382 bits per heavy atom.